The van der Waals surface area contributed by atoms with Crippen molar-refractivity contribution in [3.63, 3.8) is 0 Å². The van der Waals surface area contributed by atoms with Crippen LogP contribution in [-0.2, 0) is 11.3 Å². The van der Waals surface area contributed by atoms with E-state index in [-0.39, 0.29) is 30.0 Å². The number of amides is 1. The molecule has 1 atom stereocenters. The lowest BCUT2D eigenvalue weighted by atomic mass is 9.87. The Morgan fingerprint density at radius 1 is 1.15 bits per heavy atom. The molecule has 0 N–H and O–H groups in total. The predicted octanol–water partition coefficient (Wildman–Crippen LogP) is 3.94. The molecule has 2 saturated heterocycles. The van der Waals surface area contributed by atoms with Gasteiger partial charge in [0.15, 0.2) is 0 Å². The molecule has 178 valence electrons. The van der Waals surface area contributed by atoms with Crippen molar-refractivity contribution in [1.82, 2.24) is 15.2 Å². The van der Waals surface area contributed by atoms with Crippen LogP contribution in [0.5, 0.6) is 11.5 Å². The first-order valence-electron chi connectivity index (χ1n) is 11.4. The number of likely N-dealkylation sites (tertiary alicyclic amines) is 1. The van der Waals surface area contributed by atoms with Gasteiger partial charge in [-0.05, 0) is 56.2 Å². The molecular weight excluding hydrogens is 441 g/mol. The summed E-state index contributed by atoms with van der Waals surface area (Å²) in [5.74, 6) is 0.770. The molecule has 0 bridgehead atoms. The Kier molecular flexibility index (Phi) is 6.19. The molecule has 2 aromatic carbocycles. The van der Waals surface area contributed by atoms with E-state index in [0.29, 0.717) is 48.1 Å². The third kappa shape index (κ3) is 4.75. The normalized spacial score (nSPS) is 19.4. The summed E-state index contributed by atoms with van der Waals surface area (Å²) in [6.45, 7) is 3.62. The van der Waals surface area contributed by atoms with Crippen LogP contribution in [0.15, 0.2) is 53.2 Å². The number of aromatic nitrogens is 2. The number of hydrogen-bond acceptors (Lipinski definition) is 7. The van der Waals surface area contributed by atoms with Gasteiger partial charge in [0.05, 0.1) is 17.8 Å². The highest BCUT2D eigenvalue weighted by atomic mass is 19.1. The summed E-state index contributed by atoms with van der Waals surface area (Å²) in [5, 5.41) is 7.57. The molecule has 0 saturated carbocycles. The highest BCUT2D eigenvalue weighted by Crippen LogP contribution is 2.38. The first-order chi connectivity index (χ1) is 16.5. The van der Waals surface area contributed by atoms with Crippen LogP contribution in [0, 0.1) is 12.7 Å². The van der Waals surface area contributed by atoms with Crippen molar-refractivity contribution in [1.29, 1.82) is 0 Å². The number of benzene rings is 2. The number of ether oxygens (including phenoxy) is 3. The molecule has 34 heavy (non-hydrogen) atoms. The van der Waals surface area contributed by atoms with Crippen LogP contribution >= 0.6 is 0 Å². The largest absolute Gasteiger partial charge is 0.488 e. The molecule has 1 aromatic heterocycles. The standard InChI is InChI=1S/C25H26FN3O5/c1-17-22(28-34-27-17)16-31-23-5-3-2-4-21(23)24(30)29-12-10-25(11-13-29)14-20(15-32-25)33-19-8-6-18(26)7-9-19/h2-9,20H,10-16H2,1H3/t20-/m0/s1. The Hall–Kier alpha value is -3.46. The van der Waals surface area contributed by atoms with Crippen LogP contribution < -0.4 is 9.47 Å². The van der Waals surface area contributed by atoms with Crippen LogP contribution in [0.1, 0.15) is 41.0 Å². The minimum Gasteiger partial charge on any atom is -0.488 e. The monoisotopic (exact) mass is 467 g/mol. The Balaban J connectivity index is 1.18. The summed E-state index contributed by atoms with van der Waals surface area (Å²) in [6, 6.07) is 13.2. The van der Waals surface area contributed by atoms with E-state index < -0.39 is 0 Å². The van der Waals surface area contributed by atoms with Crippen LogP contribution in [0.2, 0.25) is 0 Å². The lowest BCUT2D eigenvalue weighted by Crippen LogP contribution is -2.46. The van der Waals surface area contributed by atoms with Crippen molar-refractivity contribution in [3.05, 3.63) is 71.3 Å². The van der Waals surface area contributed by atoms with Gasteiger partial charge in [-0.3, -0.25) is 4.79 Å². The lowest BCUT2D eigenvalue weighted by molar-refractivity contribution is -0.0396. The fourth-order valence-corrected chi connectivity index (χ4v) is 4.52. The Morgan fingerprint density at radius 2 is 1.91 bits per heavy atom. The molecule has 2 fully saturated rings. The second-order valence-corrected chi connectivity index (χ2v) is 8.77. The summed E-state index contributed by atoms with van der Waals surface area (Å²) in [6.07, 6.45) is 2.12. The van der Waals surface area contributed by atoms with Crippen molar-refractivity contribution in [3.8, 4) is 11.5 Å². The van der Waals surface area contributed by atoms with Crippen LogP contribution in [0.3, 0.4) is 0 Å². The van der Waals surface area contributed by atoms with Crippen molar-refractivity contribution in [2.45, 2.75) is 44.5 Å². The molecule has 3 aromatic rings. The van der Waals surface area contributed by atoms with E-state index in [2.05, 4.69) is 10.3 Å². The van der Waals surface area contributed by atoms with Gasteiger partial charge in [-0.1, -0.05) is 22.4 Å². The summed E-state index contributed by atoms with van der Waals surface area (Å²) in [7, 11) is 0. The smallest absolute Gasteiger partial charge is 0.257 e. The number of hydrogen-bond donors (Lipinski definition) is 0. The van der Waals surface area contributed by atoms with Crippen molar-refractivity contribution in [2.24, 2.45) is 0 Å². The minimum atomic E-state index is -0.297. The molecule has 0 unspecified atom stereocenters. The molecule has 5 rings (SSSR count). The number of aryl methyl sites for hydroxylation is 1. The minimum absolute atomic E-state index is 0.0717. The zero-order valence-electron chi connectivity index (χ0n) is 18.9. The molecular formula is C25H26FN3O5. The maximum atomic E-state index is 13.3. The predicted molar refractivity (Wildman–Crippen MR) is 119 cm³/mol. The molecule has 9 heteroatoms. The van der Waals surface area contributed by atoms with Crippen molar-refractivity contribution in [2.75, 3.05) is 19.7 Å². The fraction of sp³-hybridized carbons (Fsp3) is 0.400. The second-order valence-electron chi connectivity index (χ2n) is 8.77. The summed E-state index contributed by atoms with van der Waals surface area (Å²) < 4.78 is 35.8. The van der Waals surface area contributed by atoms with E-state index in [4.69, 9.17) is 18.8 Å². The van der Waals surface area contributed by atoms with Gasteiger partial charge in [-0.2, -0.15) is 0 Å². The Bertz CT molecular complexity index is 1140. The van der Waals surface area contributed by atoms with Crippen molar-refractivity contribution >= 4 is 5.91 Å². The number of carbonyl (C=O) groups excluding carboxylic acids is 1. The maximum Gasteiger partial charge on any atom is 0.257 e. The number of nitrogens with zero attached hydrogens (tertiary/aromatic N) is 3. The highest BCUT2D eigenvalue weighted by Gasteiger charge is 2.44. The van der Waals surface area contributed by atoms with E-state index in [9.17, 15) is 9.18 Å². The number of carbonyl (C=O) groups is 1. The molecule has 2 aliphatic heterocycles. The van der Waals surface area contributed by atoms with E-state index in [1.54, 1.807) is 31.2 Å². The van der Waals surface area contributed by atoms with Gasteiger partial charge in [0.1, 0.15) is 41.4 Å². The van der Waals surface area contributed by atoms with Crippen LogP contribution in [0.25, 0.3) is 0 Å². The zero-order valence-corrected chi connectivity index (χ0v) is 18.9. The molecule has 0 radical (unpaired) electrons. The number of rotatable bonds is 6. The third-order valence-electron chi connectivity index (χ3n) is 6.48. The van der Waals surface area contributed by atoms with E-state index >= 15 is 0 Å². The molecule has 0 aliphatic carbocycles. The average Bonchev–Trinajstić information content (AvgIpc) is 3.45. The SMILES string of the molecule is Cc1nonc1COc1ccccc1C(=O)N1CCC2(CC1)C[C@H](Oc1ccc(F)cc1)CO2. The molecule has 1 spiro atoms. The number of piperidine rings is 1. The van der Waals surface area contributed by atoms with E-state index in [0.717, 1.165) is 19.3 Å². The summed E-state index contributed by atoms with van der Waals surface area (Å²) in [4.78, 5) is 15.1. The Labute approximate surface area is 196 Å². The quantitative estimate of drug-likeness (QED) is 0.543. The maximum absolute atomic E-state index is 13.3. The third-order valence-corrected chi connectivity index (χ3v) is 6.48. The first kappa shape index (κ1) is 22.3. The topological polar surface area (TPSA) is 86.9 Å². The average molecular weight is 467 g/mol. The Morgan fingerprint density at radius 3 is 2.65 bits per heavy atom. The van der Waals surface area contributed by atoms with Gasteiger partial charge < -0.3 is 19.1 Å². The van der Waals surface area contributed by atoms with Crippen LogP contribution in [0.4, 0.5) is 4.39 Å². The molecule has 2 aliphatic rings. The van der Waals surface area contributed by atoms with Gasteiger partial charge in [0.2, 0.25) is 0 Å². The number of para-hydroxylation sites is 1. The number of halogens is 1. The van der Waals surface area contributed by atoms with Crippen molar-refractivity contribution < 1.29 is 28.0 Å². The molecule has 3 heterocycles. The van der Waals surface area contributed by atoms with Gasteiger partial charge in [-0.15, -0.1) is 0 Å². The summed E-state index contributed by atoms with van der Waals surface area (Å²) >= 11 is 0. The van der Waals surface area contributed by atoms with Gasteiger partial charge in [0, 0.05) is 19.5 Å². The van der Waals surface area contributed by atoms with E-state index in [1.165, 1.54) is 12.1 Å². The summed E-state index contributed by atoms with van der Waals surface area (Å²) in [5.41, 5.74) is 1.47. The highest BCUT2D eigenvalue weighted by molar-refractivity contribution is 5.97. The van der Waals surface area contributed by atoms with Crippen LogP contribution in [-0.4, -0.2) is 52.5 Å². The molecule has 8 nitrogen and oxygen atoms in total. The zero-order chi connectivity index (χ0) is 23.5. The molecule has 1 amide bonds. The lowest BCUT2D eigenvalue weighted by Gasteiger charge is -2.38. The first-order valence-corrected chi connectivity index (χ1v) is 11.4. The fourth-order valence-electron chi connectivity index (χ4n) is 4.52. The second kappa shape index (κ2) is 9.42. The van der Waals surface area contributed by atoms with Gasteiger partial charge in [-0.25, -0.2) is 9.02 Å². The van der Waals surface area contributed by atoms with Gasteiger partial charge in [0.25, 0.3) is 5.91 Å². The van der Waals surface area contributed by atoms with Gasteiger partial charge >= 0.3 is 0 Å². The van der Waals surface area contributed by atoms with E-state index in [1.807, 2.05) is 17.0 Å².